The number of nitrogens with zero attached hydrogens (tertiary/aromatic N) is 3. The molecule has 2 N–H and O–H groups in total. The number of benzene rings is 1. The summed E-state index contributed by atoms with van der Waals surface area (Å²) in [7, 11) is 0. The number of aliphatic hydroxyl groups excluding tert-OH is 1. The minimum Gasteiger partial charge on any atom is -0.494 e. The van der Waals surface area contributed by atoms with Gasteiger partial charge in [-0.1, -0.05) is 25.3 Å². The van der Waals surface area contributed by atoms with E-state index in [1.54, 1.807) is 0 Å². The Morgan fingerprint density at radius 2 is 2.10 bits per heavy atom. The van der Waals surface area contributed by atoms with E-state index in [1.807, 2.05) is 28.0 Å². The fraction of sp³-hybridized carbons (Fsp3) is 0.609. The van der Waals surface area contributed by atoms with E-state index in [0.717, 1.165) is 17.8 Å². The van der Waals surface area contributed by atoms with Gasteiger partial charge in [-0.3, -0.25) is 14.9 Å². The predicted octanol–water partition coefficient (Wildman–Crippen LogP) is 2.18. The molecule has 0 bridgehead atoms. The summed E-state index contributed by atoms with van der Waals surface area (Å²) in [6, 6.07) is 5.77. The van der Waals surface area contributed by atoms with E-state index in [1.165, 1.54) is 32.1 Å². The van der Waals surface area contributed by atoms with Gasteiger partial charge in [0.2, 0.25) is 17.8 Å². The summed E-state index contributed by atoms with van der Waals surface area (Å²) in [5, 5.41) is 12.1. The number of guanidine groups is 1. The Bertz CT molecular complexity index is 835. The molecule has 0 atom stereocenters. The minimum atomic E-state index is -0.0357. The topological polar surface area (TPSA) is 94.5 Å². The molecule has 4 rings (SSSR count). The van der Waals surface area contributed by atoms with Crippen molar-refractivity contribution in [3.05, 3.63) is 23.8 Å². The van der Waals surface area contributed by atoms with Gasteiger partial charge in [-0.15, -0.1) is 0 Å². The lowest BCUT2D eigenvalue weighted by molar-refractivity contribution is -0.132. The summed E-state index contributed by atoms with van der Waals surface area (Å²) < 4.78 is 5.85. The molecule has 1 aromatic carbocycles. The maximum absolute atomic E-state index is 12.6. The van der Waals surface area contributed by atoms with Crippen LogP contribution < -0.4 is 10.1 Å². The van der Waals surface area contributed by atoms with Crippen LogP contribution >= 0.6 is 0 Å². The average molecular weight is 429 g/mol. The van der Waals surface area contributed by atoms with Crippen molar-refractivity contribution in [3.8, 4) is 5.75 Å². The molecule has 0 spiro atoms. The van der Waals surface area contributed by atoms with E-state index in [0.29, 0.717) is 56.7 Å². The number of rotatable bonds is 9. The highest BCUT2D eigenvalue weighted by atomic mass is 16.5. The third-order valence-electron chi connectivity index (χ3n) is 6.26. The van der Waals surface area contributed by atoms with Crippen LogP contribution in [0.2, 0.25) is 0 Å². The molecule has 1 saturated heterocycles. The van der Waals surface area contributed by atoms with Crippen LogP contribution in [0, 0.1) is 5.92 Å². The number of fused-ring (bicyclic) bond motifs is 2. The number of amides is 2. The van der Waals surface area contributed by atoms with Crippen LogP contribution in [0.5, 0.6) is 5.75 Å². The van der Waals surface area contributed by atoms with Gasteiger partial charge in [-0.2, -0.15) is 0 Å². The zero-order valence-electron chi connectivity index (χ0n) is 18.0. The smallest absolute Gasteiger partial charge is 0.246 e. The Morgan fingerprint density at radius 3 is 2.90 bits per heavy atom. The summed E-state index contributed by atoms with van der Waals surface area (Å²) in [6.07, 6.45) is 7.20. The second-order valence-electron chi connectivity index (χ2n) is 8.65. The van der Waals surface area contributed by atoms with Crippen LogP contribution in [-0.2, 0) is 16.1 Å². The Balaban J connectivity index is 1.24. The van der Waals surface area contributed by atoms with E-state index in [2.05, 4.69) is 10.3 Å². The summed E-state index contributed by atoms with van der Waals surface area (Å²) in [5.74, 6) is 1.94. The number of carbonyl (C=O) groups is 2. The van der Waals surface area contributed by atoms with E-state index in [9.17, 15) is 14.7 Å². The highest BCUT2D eigenvalue weighted by Gasteiger charge is 2.29. The molecule has 0 radical (unpaired) electrons. The molecule has 1 aromatic rings. The van der Waals surface area contributed by atoms with E-state index >= 15 is 0 Å². The van der Waals surface area contributed by atoms with Crippen molar-refractivity contribution in [3.63, 3.8) is 0 Å². The molecule has 2 aliphatic heterocycles. The van der Waals surface area contributed by atoms with Crippen LogP contribution in [0.15, 0.2) is 23.2 Å². The van der Waals surface area contributed by atoms with Crippen LogP contribution in [0.4, 0.5) is 5.69 Å². The lowest BCUT2D eigenvalue weighted by Crippen LogP contribution is -2.38. The highest BCUT2D eigenvalue weighted by molar-refractivity contribution is 6.05. The molecule has 31 heavy (non-hydrogen) atoms. The maximum atomic E-state index is 12.6. The Morgan fingerprint density at radius 1 is 1.26 bits per heavy atom. The fourth-order valence-electron chi connectivity index (χ4n) is 4.60. The quantitative estimate of drug-likeness (QED) is 0.588. The predicted molar refractivity (Wildman–Crippen MR) is 117 cm³/mol. The zero-order chi connectivity index (χ0) is 21.6. The first-order valence-corrected chi connectivity index (χ1v) is 11.4. The van der Waals surface area contributed by atoms with E-state index in [4.69, 9.17) is 4.74 Å². The molecule has 0 aromatic heterocycles. The molecule has 0 unspecified atom stereocenters. The van der Waals surface area contributed by atoms with Crippen LogP contribution in [0.3, 0.4) is 0 Å². The van der Waals surface area contributed by atoms with Crippen molar-refractivity contribution in [2.75, 3.05) is 32.8 Å². The summed E-state index contributed by atoms with van der Waals surface area (Å²) >= 11 is 0. The number of aliphatic imine (C=N–C) groups is 1. The lowest BCUT2D eigenvalue weighted by atomic mass is 9.89. The summed E-state index contributed by atoms with van der Waals surface area (Å²) in [6.45, 7) is 2.63. The van der Waals surface area contributed by atoms with Crippen molar-refractivity contribution in [2.24, 2.45) is 10.9 Å². The SMILES string of the molecule is O=C1CN2Cc3ccc(OCCCC(=O)N(CCO)CC4CCCCC4)cc3N=C2N1. The molecule has 2 fully saturated rings. The number of carbonyl (C=O) groups excluding carboxylic acids is 2. The third-order valence-corrected chi connectivity index (χ3v) is 6.26. The Kier molecular flexibility index (Phi) is 7.06. The first kappa shape index (κ1) is 21.6. The van der Waals surface area contributed by atoms with E-state index in [-0.39, 0.29) is 18.4 Å². The van der Waals surface area contributed by atoms with Crippen LogP contribution in [-0.4, -0.2) is 65.5 Å². The van der Waals surface area contributed by atoms with Gasteiger partial charge < -0.3 is 19.6 Å². The maximum Gasteiger partial charge on any atom is 0.246 e. The summed E-state index contributed by atoms with van der Waals surface area (Å²) in [5.41, 5.74) is 1.87. The van der Waals surface area contributed by atoms with Crippen molar-refractivity contribution in [1.29, 1.82) is 0 Å². The molecule has 2 heterocycles. The summed E-state index contributed by atoms with van der Waals surface area (Å²) in [4.78, 5) is 32.5. The normalized spacial score (nSPS) is 18.2. The van der Waals surface area contributed by atoms with Gasteiger partial charge in [0.15, 0.2) is 0 Å². The monoisotopic (exact) mass is 428 g/mol. The first-order valence-electron chi connectivity index (χ1n) is 11.4. The van der Waals surface area contributed by atoms with Gasteiger partial charge >= 0.3 is 0 Å². The van der Waals surface area contributed by atoms with Crippen LogP contribution in [0.1, 0.15) is 50.5 Å². The van der Waals surface area contributed by atoms with Gasteiger partial charge in [-0.25, -0.2) is 4.99 Å². The minimum absolute atomic E-state index is 0.00444. The molecule has 8 heteroatoms. The Hall–Kier alpha value is -2.61. The largest absolute Gasteiger partial charge is 0.494 e. The molecule has 1 aliphatic carbocycles. The van der Waals surface area contributed by atoms with Gasteiger partial charge in [0.1, 0.15) is 12.3 Å². The van der Waals surface area contributed by atoms with Gasteiger partial charge in [0.25, 0.3) is 0 Å². The van der Waals surface area contributed by atoms with Gasteiger partial charge in [-0.05, 0) is 36.8 Å². The van der Waals surface area contributed by atoms with Crippen molar-refractivity contribution >= 4 is 23.5 Å². The second-order valence-corrected chi connectivity index (χ2v) is 8.65. The lowest BCUT2D eigenvalue weighted by Gasteiger charge is -2.29. The highest BCUT2D eigenvalue weighted by Crippen LogP contribution is 2.31. The second kappa shape index (κ2) is 10.1. The number of hydrogen-bond acceptors (Lipinski definition) is 6. The number of ether oxygens (including phenoxy) is 1. The molecule has 3 aliphatic rings. The van der Waals surface area contributed by atoms with Crippen molar-refractivity contribution in [1.82, 2.24) is 15.1 Å². The molecule has 2 amide bonds. The third kappa shape index (κ3) is 5.55. The molecule has 168 valence electrons. The number of hydrogen-bond donors (Lipinski definition) is 2. The molecule has 8 nitrogen and oxygen atoms in total. The van der Waals surface area contributed by atoms with Crippen molar-refractivity contribution in [2.45, 2.75) is 51.5 Å². The van der Waals surface area contributed by atoms with Gasteiger partial charge in [0, 0.05) is 32.1 Å². The van der Waals surface area contributed by atoms with Gasteiger partial charge in [0.05, 0.1) is 18.9 Å². The van der Waals surface area contributed by atoms with Crippen molar-refractivity contribution < 1.29 is 19.4 Å². The Labute approximate surface area is 183 Å². The van der Waals surface area contributed by atoms with E-state index < -0.39 is 0 Å². The zero-order valence-corrected chi connectivity index (χ0v) is 18.0. The number of nitrogens with one attached hydrogen (secondary N) is 1. The van der Waals surface area contributed by atoms with Crippen LogP contribution in [0.25, 0.3) is 0 Å². The molecular formula is C23H32N4O4. The average Bonchev–Trinajstić information content (AvgIpc) is 3.14. The standard InChI is InChI=1S/C23H32N4O4/c28-11-10-26(14-17-5-2-1-3-6-17)22(30)7-4-12-31-19-9-8-18-15-27-16-21(29)25-23(27)24-20(18)13-19/h8-9,13,17,28H,1-7,10-12,14-16H2,(H,24,25,29). The number of aliphatic hydroxyl groups is 1. The molecule has 1 saturated carbocycles. The fourth-order valence-corrected chi connectivity index (χ4v) is 4.60. The first-order chi connectivity index (χ1) is 15.1. The molecular weight excluding hydrogens is 396 g/mol.